The van der Waals surface area contributed by atoms with Crippen LogP contribution in [0.15, 0.2) is 29.4 Å². The lowest BCUT2D eigenvalue weighted by Crippen LogP contribution is -2.32. The first-order chi connectivity index (χ1) is 6.10. The summed E-state index contributed by atoms with van der Waals surface area (Å²) in [4.78, 5) is 0.180. The predicted octanol–water partition coefficient (Wildman–Crippen LogP) is 0.329. The zero-order chi connectivity index (χ0) is 9.90. The number of hydrogen-bond acceptors (Lipinski definition) is 3. The molecule has 0 aliphatic heterocycles. The lowest BCUT2D eigenvalue weighted by molar-refractivity contribution is -0.695. The van der Waals surface area contributed by atoms with E-state index in [1.165, 1.54) is 6.07 Å². The van der Waals surface area contributed by atoms with Crippen LogP contribution in [0, 0.1) is 0 Å². The average molecular weight is 202 g/mol. The van der Waals surface area contributed by atoms with Crippen molar-refractivity contribution >= 4 is 10.1 Å². The topological polar surface area (TPSA) is 47.2 Å². The lowest BCUT2D eigenvalue weighted by Gasteiger charge is -1.98. The molecular formula is C8H12NO3S+. The van der Waals surface area contributed by atoms with Gasteiger partial charge in [-0.15, -0.1) is 0 Å². The van der Waals surface area contributed by atoms with Crippen molar-refractivity contribution in [1.29, 1.82) is 0 Å². The third-order valence-electron chi connectivity index (χ3n) is 1.70. The van der Waals surface area contributed by atoms with E-state index in [4.69, 9.17) is 0 Å². The van der Waals surface area contributed by atoms with Gasteiger partial charge in [-0.05, 0) is 13.0 Å². The van der Waals surface area contributed by atoms with Gasteiger partial charge in [0.2, 0.25) is 0 Å². The monoisotopic (exact) mass is 202 g/mol. The summed E-state index contributed by atoms with van der Waals surface area (Å²) in [5.41, 5.74) is 0. The van der Waals surface area contributed by atoms with Crippen LogP contribution in [0.3, 0.4) is 0 Å². The quantitative estimate of drug-likeness (QED) is 0.524. The Kier molecular flexibility index (Phi) is 3.00. The van der Waals surface area contributed by atoms with Gasteiger partial charge < -0.3 is 0 Å². The number of pyridine rings is 1. The predicted molar refractivity (Wildman–Crippen MR) is 46.5 cm³/mol. The number of nitrogens with zero attached hydrogens (tertiary/aromatic N) is 1. The first-order valence-corrected chi connectivity index (χ1v) is 5.30. The Morgan fingerprint density at radius 1 is 1.54 bits per heavy atom. The minimum absolute atomic E-state index is 0.180. The Hall–Kier alpha value is -0.940. The third kappa shape index (κ3) is 2.26. The van der Waals surface area contributed by atoms with Crippen molar-refractivity contribution in [3.05, 3.63) is 24.5 Å². The van der Waals surface area contributed by atoms with E-state index in [1.54, 1.807) is 23.0 Å². The van der Waals surface area contributed by atoms with Crippen LogP contribution in [0.5, 0.6) is 0 Å². The summed E-state index contributed by atoms with van der Waals surface area (Å²) in [6.07, 6.45) is 3.34. The van der Waals surface area contributed by atoms with Crippen LogP contribution in [0.4, 0.5) is 0 Å². The Balaban J connectivity index is 3.17. The van der Waals surface area contributed by atoms with Gasteiger partial charge in [0.05, 0.1) is 7.11 Å². The van der Waals surface area contributed by atoms with Crippen molar-refractivity contribution in [1.82, 2.24) is 0 Å². The number of rotatable bonds is 3. The molecule has 0 aliphatic rings. The standard InChI is InChI=1S/C8H12NO3S/c1-3-9-6-4-5-8(7-9)13(10,11)12-2/h4-7H,3H2,1-2H3/q+1. The molecule has 1 aromatic heterocycles. The van der Waals surface area contributed by atoms with Crippen molar-refractivity contribution in [2.24, 2.45) is 0 Å². The molecule has 1 rings (SSSR count). The molecule has 0 aromatic carbocycles. The van der Waals surface area contributed by atoms with Gasteiger partial charge in [0, 0.05) is 6.07 Å². The largest absolute Gasteiger partial charge is 0.302 e. The van der Waals surface area contributed by atoms with E-state index in [1.807, 2.05) is 6.92 Å². The fourth-order valence-corrected chi connectivity index (χ4v) is 1.64. The Labute approximate surface area is 77.9 Å². The molecule has 0 fully saturated rings. The zero-order valence-corrected chi connectivity index (χ0v) is 8.41. The van der Waals surface area contributed by atoms with Crippen molar-refractivity contribution in [3.63, 3.8) is 0 Å². The van der Waals surface area contributed by atoms with E-state index < -0.39 is 10.1 Å². The average Bonchev–Trinajstić information content (AvgIpc) is 2.18. The first-order valence-electron chi connectivity index (χ1n) is 3.90. The van der Waals surface area contributed by atoms with Crippen LogP contribution in [0.25, 0.3) is 0 Å². The number of aryl methyl sites for hydroxylation is 1. The second-order valence-electron chi connectivity index (χ2n) is 2.49. The molecular weight excluding hydrogens is 190 g/mol. The Bertz CT molecular complexity index is 386. The van der Waals surface area contributed by atoms with Crippen LogP contribution >= 0.6 is 0 Å². The van der Waals surface area contributed by atoms with E-state index in [2.05, 4.69) is 4.18 Å². The fourth-order valence-electron chi connectivity index (χ4n) is 0.939. The Morgan fingerprint density at radius 3 is 2.77 bits per heavy atom. The normalized spacial score (nSPS) is 11.5. The summed E-state index contributed by atoms with van der Waals surface area (Å²) in [6, 6.07) is 3.18. The highest BCUT2D eigenvalue weighted by Gasteiger charge is 2.15. The Morgan fingerprint density at radius 2 is 2.23 bits per heavy atom. The first kappa shape index (κ1) is 10.1. The number of hydrogen-bond donors (Lipinski definition) is 0. The molecule has 1 heterocycles. The van der Waals surface area contributed by atoms with Gasteiger partial charge in [0.25, 0.3) is 0 Å². The van der Waals surface area contributed by atoms with E-state index in [0.29, 0.717) is 0 Å². The van der Waals surface area contributed by atoms with Gasteiger partial charge in [-0.3, -0.25) is 4.18 Å². The summed E-state index contributed by atoms with van der Waals surface area (Å²) in [5, 5.41) is 0. The molecule has 0 saturated heterocycles. The van der Waals surface area contributed by atoms with Gasteiger partial charge >= 0.3 is 10.1 Å². The smallest absolute Gasteiger partial charge is 0.270 e. The molecule has 0 spiro atoms. The molecule has 0 N–H and O–H groups in total. The molecule has 1 aromatic rings. The highest BCUT2D eigenvalue weighted by Crippen LogP contribution is 2.07. The molecule has 72 valence electrons. The van der Waals surface area contributed by atoms with E-state index in [-0.39, 0.29) is 4.90 Å². The van der Waals surface area contributed by atoms with Crippen LogP contribution in [-0.2, 0) is 20.8 Å². The van der Waals surface area contributed by atoms with Crippen LogP contribution in [0.1, 0.15) is 6.92 Å². The highest BCUT2D eigenvalue weighted by molar-refractivity contribution is 7.86. The van der Waals surface area contributed by atoms with Crippen molar-refractivity contribution < 1.29 is 17.2 Å². The zero-order valence-electron chi connectivity index (χ0n) is 7.60. The van der Waals surface area contributed by atoms with Gasteiger partial charge in [-0.2, -0.15) is 8.42 Å². The SMILES string of the molecule is CC[n+]1cccc(S(=O)(=O)OC)c1. The minimum atomic E-state index is -3.55. The fraction of sp³-hybridized carbons (Fsp3) is 0.375. The van der Waals surface area contributed by atoms with Crippen molar-refractivity contribution in [2.75, 3.05) is 7.11 Å². The van der Waals surface area contributed by atoms with Crippen molar-refractivity contribution in [2.45, 2.75) is 18.4 Å². The highest BCUT2D eigenvalue weighted by atomic mass is 32.2. The lowest BCUT2D eigenvalue weighted by atomic mass is 10.5. The van der Waals surface area contributed by atoms with E-state index in [0.717, 1.165) is 13.7 Å². The molecule has 0 unspecified atom stereocenters. The van der Waals surface area contributed by atoms with Gasteiger partial charge in [0.1, 0.15) is 6.54 Å². The molecule has 0 radical (unpaired) electrons. The van der Waals surface area contributed by atoms with Gasteiger partial charge in [-0.1, -0.05) is 0 Å². The summed E-state index contributed by atoms with van der Waals surface area (Å²) in [5.74, 6) is 0. The third-order valence-corrected chi connectivity index (χ3v) is 2.96. The molecule has 0 atom stereocenters. The maximum absolute atomic E-state index is 11.2. The van der Waals surface area contributed by atoms with Crippen LogP contribution in [-0.4, -0.2) is 15.5 Å². The van der Waals surface area contributed by atoms with Crippen LogP contribution in [0.2, 0.25) is 0 Å². The summed E-state index contributed by atoms with van der Waals surface area (Å²) in [7, 11) is -2.40. The summed E-state index contributed by atoms with van der Waals surface area (Å²) >= 11 is 0. The summed E-state index contributed by atoms with van der Waals surface area (Å²) in [6.45, 7) is 2.66. The second kappa shape index (κ2) is 3.85. The maximum atomic E-state index is 11.2. The molecule has 4 nitrogen and oxygen atoms in total. The molecule has 0 amide bonds. The molecule has 0 bridgehead atoms. The van der Waals surface area contributed by atoms with Crippen molar-refractivity contribution in [3.8, 4) is 0 Å². The minimum Gasteiger partial charge on any atom is -0.270 e. The van der Waals surface area contributed by atoms with Gasteiger partial charge in [0.15, 0.2) is 17.3 Å². The second-order valence-corrected chi connectivity index (χ2v) is 4.20. The molecule has 0 saturated carbocycles. The van der Waals surface area contributed by atoms with Gasteiger partial charge in [-0.25, -0.2) is 4.57 Å². The van der Waals surface area contributed by atoms with E-state index in [9.17, 15) is 8.42 Å². The maximum Gasteiger partial charge on any atom is 0.302 e. The number of aromatic nitrogens is 1. The molecule has 5 heteroatoms. The van der Waals surface area contributed by atoms with E-state index >= 15 is 0 Å². The summed E-state index contributed by atoms with van der Waals surface area (Å²) < 4.78 is 28.6. The molecule has 0 aliphatic carbocycles. The van der Waals surface area contributed by atoms with Crippen LogP contribution < -0.4 is 4.57 Å². The molecule has 13 heavy (non-hydrogen) atoms.